The van der Waals surface area contributed by atoms with E-state index < -0.39 is 0 Å². The van der Waals surface area contributed by atoms with E-state index in [1.165, 1.54) is 5.56 Å². The maximum atomic E-state index is 5.84. The second kappa shape index (κ2) is 6.21. The van der Waals surface area contributed by atoms with Gasteiger partial charge in [-0.15, -0.1) is 0 Å². The van der Waals surface area contributed by atoms with Gasteiger partial charge >= 0.3 is 0 Å². The van der Waals surface area contributed by atoms with Crippen molar-refractivity contribution in [1.82, 2.24) is 4.98 Å². The van der Waals surface area contributed by atoms with E-state index in [9.17, 15) is 0 Å². The minimum Gasteiger partial charge on any atom is -0.370 e. The summed E-state index contributed by atoms with van der Waals surface area (Å²) in [6.45, 7) is 2.84. The zero-order chi connectivity index (χ0) is 13.0. The van der Waals surface area contributed by atoms with Gasteiger partial charge in [0.25, 0.3) is 0 Å². The van der Waals surface area contributed by atoms with Gasteiger partial charge < -0.3 is 5.32 Å². The van der Waals surface area contributed by atoms with Crippen molar-refractivity contribution < 1.29 is 0 Å². The summed E-state index contributed by atoms with van der Waals surface area (Å²) in [5.74, 6) is 0.907. The van der Waals surface area contributed by atoms with Crippen LogP contribution in [0.2, 0.25) is 5.02 Å². The number of nitrogens with zero attached hydrogens (tertiary/aromatic N) is 1. The highest BCUT2D eigenvalue weighted by molar-refractivity contribution is 9.10. The Balaban J connectivity index is 1.88. The molecule has 0 aliphatic rings. The SMILES string of the molecule is Cc1nc(NCCc2ccc(Cl)cc2)ccc1Br. The van der Waals surface area contributed by atoms with Crippen LogP contribution in [0.3, 0.4) is 0 Å². The van der Waals surface area contributed by atoms with E-state index in [0.717, 1.165) is 34.0 Å². The topological polar surface area (TPSA) is 24.9 Å². The number of halogens is 2. The highest BCUT2D eigenvalue weighted by Crippen LogP contribution is 2.16. The number of hydrogen-bond acceptors (Lipinski definition) is 2. The van der Waals surface area contributed by atoms with Crippen LogP contribution in [0.1, 0.15) is 11.3 Å². The predicted octanol–water partition coefficient (Wildman–Crippen LogP) is 4.46. The Labute approximate surface area is 121 Å². The normalized spacial score (nSPS) is 10.4. The quantitative estimate of drug-likeness (QED) is 0.897. The molecule has 1 heterocycles. The molecule has 1 aromatic heterocycles. The number of aromatic nitrogens is 1. The Kier molecular flexibility index (Phi) is 4.61. The molecule has 18 heavy (non-hydrogen) atoms. The third kappa shape index (κ3) is 3.72. The van der Waals surface area contributed by atoms with Gasteiger partial charge in [-0.1, -0.05) is 23.7 Å². The molecule has 4 heteroatoms. The Hall–Kier alpha value is -1.06. The molecule has 0 spiro atoms. The van der Waals surface area contributed by atoms with Crippen LogP contribution in [0.25, 0.3) is 0 Å². The van der Waals surface area contributed by atoms with Gasteiger partial charge in [-0.25, -0.2) is 4.98 Å². The summed E-state index contributed by atoms with van der Waals surface area (Å²) in [4.78, 5) is 4.44. The molecular formula is C14H14BrClN2. The summed E-state index contributed by atoms with van der Waals surface area (Å²) >= 11 is 9.28. The molecule has 2 aromatic rings. The lowest BCUT2D eigenvalue weighted by Gasteiger charge is -2.07. The first-order valence-electron chi connectivity index (χ1n) is 5.76. The van der Waals surface area contributed by atoms with Gasteiger partial charge in [-0.3, -0.25) is 0 Å². The lowest BCUT2D eigenvalue weighted by Crippen LogP contribution is -2.06. The van der Waals surface area contributed by atoms with Crippen molar-refractivity contribution in [1.29, 1.82) is 0 Å². The second-order valence-corrected chi connectivity index (χ2v) is 5.36. The van der Waals surface area contributed by atoms with Crippen molar-refractivity contribution >= 4 is 33.3 Å². The molecule has 0 radical (unpaired) electrons. The lowest BCUT2D eigenvalue weighted by atomic mass is 10.1. The number of nitrogens with one attached hydrogen (secondary N) is 1. The van der Waals surface area contributed by atoms with Gasteiger partial charge in [-0.05, 0) is 59.1 Å². The fraction of sp³-hybridized carbons (Fsp3) is 0.214. The van der Waals surface area contributed by atoms with Gasteiger partial charge in [0.05, 0.1) is 5.69 Å². The summed E-state index contributed by atoms with van der Waals surface area (Å²) in [7, 11) is 0. The maximum Gasteiger partial charge on any atom is 0.126 e. The number of rotatable bonds is 4. The molecule has 94 valence electrons. The molecule has 1 aromatic carbocycles. The predicted molar refractivity (Wildman–Crippen MR) is 80.3 cm³/mol. The number of pyridine rings is 1. The molecule has 1 N–H and O–H groups in total. The van der Waals surface area contributed by atoms with Gasteiger partial charge in [0.2, 0.25) is 0 Å². The fourth-order valence-electron chi connectivity index (χ4n) is 1.63. The van der Waals surface area contributed by atoms with Crippen LogP contribution < -0.4 is 5.32 Å². The molecule has 0 bridgehead atoms. The van der Waals surface area contributed by atoms with Crippen LogP contribution in [0, 0.1) is 6.92 Å². The van der Waals surface area contributed by atoms with E-state index >= 15 is 0 Å². The van der Waals surface area contributed by atoms with Crippen molar-refractivity contribution in [2.24, 2.45) is 0 Å². The summed E-state index contributed by atoms with van der Waals surface area (Å²) in [5, 5.41) is 4.09. The van der Waals surface area contributed by atoms with E-state index in [1.54, 1.807) is 0 Å². The maximum absolute atomic E-state index is 5.84. The highest BCUT2D eigenvalue weighted by Gasteiger charge is 1.99. The van der Waals surface area contributed by atoms with Crippen LogP contribution in [-0.2, 0) is 6.42 Å². The minimum absolute atomic E-state index is 0.775. The van der Waals surface area contributed by atoms with Crippen molar-refractivity contribution in [3.05, 3.63) is 57.2 Å². The summed E-state index contributed by atoms with van der Waals surface area (Å²) in [6.07, 6.45) is 0.952. The molecule has 0 atom stereocenters. The molecule has 0 saturated carbocycles. The smallest absolute Gasteiger partial charge is 0.126 e. The van der Waals surface area contributed by atoms with Gasteiger partial charge in [0.15, 0.2) is 0 Å². The second-order valence-electron chi connectivity index (χ2n) is 4.07. The molecule has 0 saturated heterocycles. The van der Waals surface area contributed by atoms with E-state index in [1.807, 2.05) is 43.3 Å². The van der Waals surface area contributed by atoms with E-state index in [0.29, 0.717) is 0 Å². The van der Waals surface area contributed by atoms with Gasteiger partial charge in [-0.2, -0.15) is 0 Å². The highest BCUT2D eigenvalue weighted by atomic mass is 79.9. The zero-order valence-electron chi connectivity index (χ0n) is 10.1. The van der Waals surface area contributed by atoms with Crippen molar-refractivity contribution in [2.45, 2.75) is 13.3 Å². The molecule has 0 fully saturated rings. The number of hydrogen-bond donors (Lipinski definition) is 1. The number of aryl methyl sites for hydroxylation is 1. The van der Waals surface area contributed by atoms with E-state index in [2.05, 4.69) is 26.2 Å². The first-order chi connectivity index (χ1) is 8.65. The van der Waals surface area contributed by atoms with E-state index in [4.69, 9.17) is 11.6 Å². The number of benzene rings is 1. The molecule has 0 unspecified atom stereocenters. The van der Waals surface area contributed by atoms with Crippen LogP contribution in [0.15, 0.2) is 40.9 Å². The Morgan fingerprint density at radius 1 is 1.17 bits per heavy atom. The van der Waals surface area contributed by atoms with Gasteiger partial charge in [0, 0.05) is 16.0 Å². The van der Waals surface area contributed by atoms with Crippen LogP contribution in [0.5, 0.6) is 0 Å². The van der Waals surface area contributed by atoms with Crippen molar-refractivity contribution in [2.75, 3.05) is 11.9 Å². The average molecular weight is 326 g/mol. The molecule has 0 aliphatic carbocycles. The lowest BCUT2D eigenvalue weighted by molar-refractivity contribution is 1.000. The Morgan fingerprint density at radius 3 is 2.56 bits per heavy atom. The van der Waals surface area contributed by atoms with E-state index in [-0.39, 0.29) is 0 Å². The molecule has 0 aliphatic heterocycles. The first kappa shape index (κ1) is 13.4. The first-order valence-corrected chi connectivity index (χ1v) is 6.94. The molecule has 0 amide bonds. The van der Waals surface area contributed by atoms with Crippen LogP contribution >= 0.6 is 27.5 Å². The Bertz CT molecular complexity index is 526. The Morgan fingerprint density at radius 2 is 1.89 bits per heavy atom. The monoisotopic (exact) mass is 324 g/mol. The van der Waals surface area contributed by atoms with Crippen LogP contribution in [-0.4, -0.2) is 11.5 Å². The third-order valence-electron chi connectivity index (χ3n) is 2.65. The molecular weight excluding hydrogens is 312 g/mol. The van der Waals surface area contributed by atoms with Crippen molar-refractivity contribution in [3.8, 4) is 0 Å². The molecule has 2 rings (SSSR count). The van der Waals surface area contributed by atoms with Crippen LogP contribution in [0.4, 0.5) is 5.82 Å². The van der Waals surface area contributed by atoms with Gasteiger partial charge in [0.1, 0.15) is 5.82 Å². The third-order valence-corrected chi connectivity index (χ3v) is 3.74. The largest absolute Gasteiger partial charge is 0.370 e. The average Bonchev–Trinajstić information content (AvgIpc) is 2.36. The number of anilines is 1. The summed E-state index contributed by atoms with van der Waals surface area (Å²) in [5.41, 5.74) is 2.26. The molecule has 2 nitrogen and oxygen atoms in total. The summed E-state index contributed by atoms with van der Waals surface area (Å²) < 4.78 is 1.03. The minimum atomic E-state index is 0.775. The van der Waals surface area contributed by atoms with Crippen molar-refractivity contribution in [3.63, 3.8) is 0 Å². The summed E-state index contributed by atoms with van der Waals surface area (Å²) in [6, 6.07) is 11.9. The standard InChI is InChI=1S/C14H14BrClN2/c1-10-13(15)6-7-14(18-10)17-9-8-11-2-4-12(16)5-3-11/h2-7H,8-9H2,1H3,(H,17,18). The zero-order valence-corrected chi connectivity index (χ0v) is 12.4. The fourth-order valence-corrected chi connectivity index (χ4v) is 1.98.